The van der Waals surface area contributed by atoms with Crippen LogP contribution < -0.4 is 5.32 Å². The van der Waals surface area contributed by atoms with Gasteiger partial charge in [-0.3, -0.25) is 0 Å². The third-order valence-electron chi connectivity index (χ3n) is 2.28. The second kappa shape index (κ2) is 6.31. The Bertz CT molecular complexity index is 505. The summed E-state index contributed by atoms with van der Waals surface area (Å²) >= 11 is 5.83. The van der Waals surface area contributed by atoms with Crippen LogP contribution in [0, 0.1) is 0 Å². The highest BCUT2D eigenvalue weighted by Gasteiger charge is 2.12. The summed E-state index contributed by atoms with van der Waals surface area (Å²) in [5.41, 5.74) is 0. The van der Waals surface area contributed by atoms with Crippen LogP contribution in [0.5, 0.6) is 0 Å². The molecule has 8 heteroatoms. The summed E-state index contributed by atoms with van der Waals surface area (Å²) < 4.78 is 24.3. The monoisotopic (exact) mass is 292 g/mol. The van der Waals surface area contributed by atoms with Gasteiger partial charge in [0.15, 0.2) is 0 Å². The fraction of sp³-hybridized carbons (Fsp3) is 0.600. The summed E-state index contributed by atoms with van der Waals surface area (Å²) in [7, 11) is -0.188. The number of hydrogen-bond donors (Lipinski definition) is 1. The van der Waals surface area contributed by atoms with E-state index in [4.69, 9.17) is 11.6 Å². The van der Waals surface area contributed by atoms with Crippen molar-refractivity contribution >= 4 is 27.4 Å². The van der Waals surface area contributed by atoms with E-state index in [1.807, 2.05) is 6.92 Å². The highest BCUT2D eigenvalue weighted by molar-refractivity contribution is 7.89. The number of anilines is 1. The van der Waals surface area contributed by atoms with Crippen molar-refractivity contribution < 1.29 is 8.42 Å². The van der Waals surface area contributed by atoms with Gasteiger partial charge >= 0.3 is 0 Å². The predicted molar refractivity (Wildman–Crippen MR) is 72.4 cm³/mol. The van der Waals surface area contributed by atoms with Crippen molar-refractivity contribution in [1.82, 2.24) is 14.3 Å². The highest BCUT2D eigenvalue weighted by Crippen LogP contribution is 2.11. The highest BCUT2D eigenvalue weighted by atomic mass is 35.5. The molecule has 0 unspecified atom stereocenters. The minimum Gasteiger partial charge on any atom is -0.369 e. The zero-order chi connectivity index (χ0) is 13.8. The summed E-state index contributed by atoms with van der Waals surface area (Å²) in [6.07, 6.45) is 0.672. The van der Waals surface area contributed by atoms with Gasteiger partial charge in [0.2, 0.25) is 10.0 Å². The number of nitrogens with zero attached hydrogens (tertiary/aromatic N) is 3. The average Bonchev–Trinajstić information content (AvgIpc) is 2.27. The van der Waals surface area contributed by atoms with E-state index in [1.165, 1.54) is 18.4 Å². The van der Waals surface area contributed by atoms with Crippen molar-refractivity contribution in [3.8, 4) is 0 Å². The van der Waals surface area contributed by atoms with Gasteiger partial charge in [-0.2, -0.15) is 0 Å². The smallest absolute Gasteiger partial charge is 0.215 e. The van der Waals surface area contributed by atoms with Crippen LogP contribution in [0.3, 0.4) is 0 Å². The first-order valence-electron chi connectivity index (χ1n) is 5.52. The summed E-state index contributed by atoms with van der Waals surface area (Å²) in [5.74, 6) is 1.17. The summed E-state index contributed by atoms with van der Waals surface area (Å²) in [5, 5.41) is 3.28. The first-order chi connectivity index (χ1) is 8.35. The maximum Gasteiger partial charge on any atom is 0.215 e. The molecule has 0 spiro atoms. The van der Waals surface area contributed by atoms with Gasteiger partial charge in [0.05, 0.1) is 5.75 Å². The lowest BCUT2D eigenvalue weighted by Crippen LogP contribution is -2.28. The number of rotatable bonds is 6. The largest absolute Gasteiger partial charge is 0.369 e. The number of hydrogen-bond acceptors (Lipinski definition) is 5. The maximum absolute atomic E-state index is 11.5. The Morgan fingerprint density at radius 1 is 1.39 bits per heavy atom. The third kappa shape index (κ3) is 4.40. The Kier molecular flexibility index (Phi) is 5.30. The molecule has 0 saturated heterocycles. The van der Waals surface area contributed by atoms with E-state index < -0.39 is 10.0 Å². The zero-order valence-electron chi connectivity index (χ0n) is 10.6. The molecule has 1 N–H and O–H groups in total. The topological polar surface area (TPSA) is 75.2 Å². The molecule has 0 radical (unpaired) electrons. The fourth-order valence-electron chi connectivity index (χ4n) is 1.20. The molecule has 0 fully saturated rings. The molecule has 102 valence electrons. The van der Waals surface area contributed by atoms with E-state index >= 15 is 0 Å². The van der Waals surface area contributed by atoms with Gasteiger partial charge in [0.25, 0.3) is 0 Å². The van der Waals surface area contributed by atoms with Gasteiger partial charge in [-0.15, -0.1) is 0 Å². The number of sulfonamides is 1. The van der Waals surface area contributed by atoms with Crippen LogP contribution in [0.25, 0.3) is 0 Å². The van der Waals surface area contributed by atoms with E-state index in [0.717, 1.165) is 0 Å². The molecule has 0 saturated carbocycles. The lowest BCUT2D eigenvalue weighted by atomic mass is 10.4. The van der Waals surface area contributed by atoms with Crippen molar-refractivity contribution in [2.24, 2.45) is 0 Å². The first-order valence-corrected chi connectivity index (χ1v) is 7.51. The van der Waals surface area contributed by atoms with Crippen molar-refractivity contribution in [2.45, 2.75) is 13.3 Å². The van der Waals surface area contributed by atoms with Crippen LogP contribution >= 0.6 is 11.6 Å². The van der Waals surface area contributed by atoms with Crippen LogP contribution in [-0.2, 0) is 16.4 Å². The summed E-state index contributed by atoms with van der Waals surface area (Å²) in [4.78, 5) is 8.23. The van der Waals surface area contributed by atoms with E-state index in [2.05, 4.69) is 15.3 Å². The fourth-order valence-corrected chi connectivity index (χ4v) is 2.13. The molecule has 1 heterocycles. The van der Waals surface area contributed by atoms with E-state index in [1.54, 1.807) is 6.07 Å². The molecule has 0 aliphatic heterocycles. The predicted octanol–water partition coefficient (Wildman–Crippen LogP) is 0.996. The lowest BCUT2D eigenvalue weighted by molar-refractivity contribution is 0.521. The molecule has 6 nitrogen and oxygen atoms in total. The Labute approximate surface area is 112 Å². The molecular weight excluding hydrogens is 276 g/mol. The van der Waals surface area contributed by atoms with Crippen molar-refractivity contribution in [1.29, 1.82) is 0 Å². The SMILES string of the molecule is CCc1nc(Cl)cc(NCCS(=O)(=O)N(C)C)n1. The van der Waals surface area contributed by atoms with Crippen LogP contribution in [-0.4, -0.2) is 49.1 Å². The number of aryl methyl sites for hydroxylation is 1. The van der Waals surface area contributed by atoms with Crippen LogP contribution in [0.15, 0.2) is 6.07 Å². The van der Waals surface area contributed by atoms with Crippen molar-refractivity contribution in [2.75, 3.05) is 31.7 Å². The van der Waals surface area contributed by atoms with Gasteiger partial charge in [-0.25, -0.2) is 22.7 Å². The minimum absolute atomic E-state index is 0.00306. The zero-order valence-corrected chi connectivity index (χ0v) is 12.2. The Hall–Kier alpha value is -0.920. The molecule has 1 aromatic rings. The first kappa shape index (κ1) is 15.1. The van der Waals surface area contributed by atoms with Crippen molar-refractivity contribution in [3.63, 3.8) is 0 Å². The number of halogens is 1. The number of aromatic nitrogens is 2. The van der Waals surface area contributed by atoms with Crippen LogP contribution in [0.2, 0.25) is 5.15 Å². The van der Waals surface area contributed by atoms with Gasteiger partial charge in [0.1, 0.15) is 16.8 Å². The second-order valence-electron chi connectivity index (χ2n) is 3.87. The van der Waals surface area contributed by atoms with E-state index in [0.29, 0.717) is 23.2 Å². The standard InChI is InChI=1S/C10H17ClN4O2S/c1-4-9-13-8(11)7-10(14-9)12-5-6-18(16,17)15(2)3/h7H,4-6H2,1-3H3,(H,12,13,14). The van der Waals surface area contributed by atoms with Crippen LogP contribution in [0.1, 0.15) is 12.7 Å². The molecule has 0 aliphatic carbocycles. The lowest BCUT2D eigenvalue weighted by Gasteiger charge is -2.12. The minimum atomic E-state index is -3.20. The summed E-state index contributed by atoms with van der Waals surface area (Å²) in [6, 6.07) is 1.57. The quantitative estimate of drug-likeness (QED) is 0.792. The number of nitrogens with one attached hydrogen (secondary N) is 1. The molecular formula is C10H17ClN4O2S. The Balaban J connectivity index is 2.62. The average molecular weight is 293 g/mol. The molecule has 0 bridgehead atoms. The molecule has 18 heavy (non-hydrogen) atoms. The Morgan fingerprint density at radius 3 is 2.61 bits per heavy atom. The molecule has 0 aliphatic rings. The molecule has 1 aromatic heterocycles. The third-order valence-corrected chi connectivity index (χ3v) is 4.31. The molecule has 1 rings (SSSR count). The van der Waals surface area contributed by atoms with Gasteiger partial charge in [-0.05, 0) is 0 Å². The van der Waals surface area contributed by atoms with Gasteiger partial charge in [-0.1, -0.05) is 18.5 Å². The molecule has 0 atom stereocenters. The maximum atomic E-state index is 11.5. The molecule has 0 amide bonds. The summed E-state index contributed by atoms with van der Waals surface area (Å²) in [6.45, 7) is 2.20. The Morgan fingerprint density at radius 2 is 2.06 bits per heavy atom. The van der Waals surface area contributed by atoms with Gasteiger partial charge < -0.3 is 5.32 Å². The van der Waals surface area contributed by atoms with E-state index in [-0.39, 0.29) is 12.3 Å². The van der Waals surface area contributed by atoms with E-state index in [9.17, 15) is 8.42 Å². The van der Waals surface area contributed by atoms with Crippen molar-refractivity contribution in [3.05, 3.63) is 17.0 Å². The molecule has 0 aromatic carbocycles. The second-order valence-corrected chi connectivity index (χ2v) is 6.56. The van der Waals surface area contributed by atoms with Gasteiger partial charge in [0, 0.05) is 33.1 Å². The normalized spacial score (nSPS) is 11.8. The van der Waals surface area contributed by atoms with Crippen LogP contribution in [0.4, 0.5) is 5.82 Å².